The maximum absolute atomic E-state index is 12.4. The Kier molecular flexibility index (Phi) is 9.53. The summed E-state index contributed by atoms with van der Waals surface area (Å²) >= 11 is 6.43. The van der Waals surface area contributed by atoms with Crippen molar-refractivity contribution in [1.29, 1.82) is 0 Å². The van der Waals surface area contributed by atoms with Gasteiger partial charge in [0.25, 0.3) is 0 Å². The van der Waals surface area contributed by atoms with E-state index in [1.54, 1.807) is 44.1 Å². The normalized spacial score (nSPS) is 12.9. The second-order valence-electron chi connectivity index (χ2n) is 10.0. The van der Waals surface area contributed by atoms with Gasteiger partial charge in [-0.05, 0) is 44.2 Å². The number of benzene rings is 2. The molecule has 1 saturated heterocycles. The van der Waals surface area contributed by atoms with Crippen molar-refractivity contribution in [2.24, 2.45) is 0 Å². The van der Waals surface area contributed by atoms with E-state index >= 15 is 0 Å². The van der Waals surface area contributed by atoms with Crippen LogP contribution in [0.5, 0.6) is 23.1 Å². The fourth-order valence-corrected chi connectivity index (χ4v) is 5.06. The molecule has 234 valence electrons. The Balaban J connectivity index is 1.36. The van der Waals surface area contributed by atoms with E-state index in [1.807, 2.05) is 18.2 Å². The number of anilines is 3. The molecular weight excluding hydrogens is 600 g/mol. The Morgan fingerprint density at radius 2 is 1.78 bits per heavy atom. The van der Waals surface area contributed by atoms with Gasteiger partial charge in [-0.3, -0.25) is 9.78 Å². The van der Waals surface area contributed by atoms with Crippen LogP contribution in [0.25, 0.3) is 10.9 Å². The minimum atomic E-state index is -0.442. The zero-order chi connectivity index (χ0) is 32.1. The zero-order valence-electron chi connectivity index (χ0n) is 25.4. The van der Waals surface area contributed by atoms with E-state index in [9.17, 15) is 9.59 Å². The molecule has 1 amide bonds. The second kappa shape index (κ2) is 13.7. The smallest absolute Gasteiger partial charge is 0.339 e. The van der Waals surface area contributed by atoms with Gasteiger partial charge in [0.05, 0.1) is 49.5 Å². The summed E-state index contributed by atoms with van der Waals surface area (Å²) in [5.74, 6) is 1.11. The summed E-state index contributed by atoms with van der Waals surface area (Å²) in [6.45, 7) is 9.93. The summed E-state index contributed by atoms with van der Waals surface area (Å²) in [6.07, 6.45) is 2.77. The molecule has 0 saturated carbocycles. The number of methoxy groups -OCH3 is 2. The molecule has 13 heteroatoms. The Hall–Kier alpha value is -5.10. The van der Waals surface area contributed by atoms with Crippen molar-refractivity contribution in [2.75, 3.05) is 57.2 Å². The molecule has 0 atom stereocenters. The number of hydrogen-bond donors (Lipinski definition) is 1. The van der Waals surface area contributed by atoms with Crippen LogP contribution in [0.2, 0.25) is 5.02 Å². The highest BCUT2D eigenvalue weighted by molar-refractivity contribution is 6.31. The van der Waals surface area contributed by atoms with E-state index in [0.717, 1.165) is 5.69 Å². The number of nitrogens with zero attached hydrogens (tertiary/aromatic N) is 5. The van der Waals surface area contributed by atoms with Crippen molar-refractivity contribution in [1.82, 2.24) is 19.9 Å². The SMILES string of the molecule is C=CC(=O)N1CCN(c2ccc(Nc3ncc(Cl)c(Oc4cc5nc(C)c(C(=O)OCC)cc5cc4OC)n3)c(OC)c2)CC1. The van der Waals surface area contributed by atoms with Crippen LogP contribution in [-0.2, 0) is 9.53 Å². The molecule has 0 unspecified atom stereocenters. The minimum absolute atomic E-state index is 0.0615. The van der Waals surface area contributed by atoms with E-state index in [4.69, 9.17) is 30.5 Å². The molecule has 12 nitrogen and oxygen atoms in total. The molecular formula is C32H33ClN6O6. The molecule has 45 heavy (non-hydrogen) atoms. The van der Waals surface area contributed by atoms with Gasteiger partial charge >= 0.3 is 5.97 Å². The summed E-state index contributed by atoms with van der Waals surface area (Å²) in [6, 6.07) is 10.9. The predicted molar refractivity (Wildman–Crippen MR) is 171 cm³/mol. The van der Waals surface area contributed by atoms with Crippen molar-refractivity contribution in [3.63, 3.8) is 0 Å². The molecule has 4 aromatic rings. The number of aromatic nitrogens is 3. The standard InChI is InChI=1S/C32H33ClN6O6/c1-6-29(40)39-12-10-38(11-13-39)21-8-9-24(26(16-21)42-4)36-32-34-18-23(33)30(37-32)45-28-17-25-20(15-27(28)43-5)14-22(19(3)35-25)31(41)44-7-2/h6,8-9,14-18H,1,7,10-13H2,2-5H3,(H,34,36,37). The number of piperazine rings is 1. The van der Waals surface area contributed by atoms with Crippen molar-refractivity contribution in [3.05, 3.63) is 71.5 Å². The molecule has 0 bridgehead atoms. The first-order chi connectivity index (χ1) is 21.7. The van der Waals surface area contributed by atoms with E-state index in [0.29, 0.717) is 71.3 Å². The highest BCUT2D eigenvalue weighted by Crippen LogP contribution is 2.38. The first-order valence-electron chi connectivity index (χ1n) is 14.2. The van der Waals surface area contributed by atoms with Crippen molar-refractivity contribution in [3.8, 4) is 23.1 Å². The molecule has 2 aromatic heterocycles. The van der Waals surface area contributed by atoms with Gasteiger partial charge in [0.2, 0.25) is 17.7 Å². The topological polar surface area (TPSA) is 128 Å². The number of halogens is 1. The molecule has 0 radical (unpaired) electrons. The van der Waals surface area contributed by atoms with Crippen LogP contribution in [-0.4, -0.2) is 78.7 Å². The predicted octanol–water partition coefficient (Wildman–Crippen LogP) is 5.55. The average Bonchev–Trinajstić information content (AvgIpc) is 3.05. The number of fused-ring (bicyclic) bond motifs is 1. The quantitative estimate of drug-likeness (QED) is 0.174. The lowest BCUT2D eigenvalue weighted by Crippen LogP contribution is -2.48. The van der Waals surface area contributed by atoms with E-state index in [1.165, 1.54) is 19.4 Å². The van der Waals surface area contributed by atoms with Gasteiger partial charge in [0, 0.05) is 49.4 Å². The van der Waals surface area contributed by atoms with Crippen LogP contribution >= 0.6 is 11.6 Å². The molecule has 3 heterocycles. The Labute approximate surface area is 265 Å². The van der Waals surface area contributed by atoms with Gasteiger partial charge < -0.3 is 34.1 Å². The third-order valence-electron chi connectivity index (χ3n) is 7.27. The lowest BCUT2D eigenvalue weighted by molar-refractivity contribution is -0.126. The number of pyridine rings is 1. The van der Waals surface area contributed by atoms with Crippen LogP contribution in [0.3, 0.4) is 0 Å². The summed E-state index contributed by atoms with van der Waals surface area (Å²) < 4.78 is 22.5. The van der Waals surface area contributed by atoms with Crippen LogP contribution < -0.4 is 24.4 Å². The van der Waals surface area contributed by atoms with Gasteiger partial charge in [-0.15, -0.1) is 0 Å². The number of nitrogens with one attached hydrogen (secondary N) is 1. The molecule has 1 aliphatic heterocycles. The largest absolute Gasteiger partial charge is 0.494 e. The third-order valence-corrected chi connectivity index (χ3v) is 7.53. The number of carbonyl (C=O) groups excluding carboxylic acids is 2. The highest BCUT2D eigenvalue weighted by Gasteiger charge is 2.21. The number of ether oxygens (including phenoxy) is 4. The van der Waals surface area contributed by atoms with Gasteiger partial charge in [-0.25, -0.2) is 9.78 Å². The first kappa shape index (κ1) is 31.3. The molecule has 0 spiro atoms. The van der Waals surface area contributed by atoms with Gasteiger partial charge in [-0.1, -0.05) is 18.2 Å². The highest BCUT2D eigenvalue weighted by atomic mass is 35.5. The first-order valence-corrected chi connectivity index (χ1v) is 14.6. The van der Waals surface area contributed by atoms with Crippen LogP contribution in [0.1, 0.15) is 23.0 Å². The van der Waals surface area contributed by atoms with Crippen molar-refractivity contribution in [2.45, 2.75) is 13.8 Å². The maximum Gasteiger partial charge on any atom is 0.339 e. The molecule has 1 fully saturated rings. The van der Waals surface area contributed by atoms with E-state index in [2.05, 4.69) is 31.7 Å². The molecule has 1 aliphatic rings. The number of amides is 1. The number of rotatable bonds is 10. The average molecular weight is 633 g/mol. The lowest BCUT2D eigenvalue weighted by atomic mass is 10.1. The fourth-order valence-electron chi connectivity index (χ4n) is 4.93. The summed E-state index contributed by atoms with van der Waals surface area (Å²) in [4.78, 5) is 41.6. The van der Waals surface area contributed by atoms with Crippen LogP contribution in [0, 0.1) is 6.92 Å². The number of hydrogen-bond acceptors (Lipinski definition) is 11. The summed E-state index contributed by atoms with van der Waals surface area (Å²) in [5, 5.41) is 4.03. The Bertz CT molecular complexity index is 1760. The van der Waals surface area contributed by atoms with E-state index < -0.39 is 5.97 Å². The van der Waals surface area contributed by atoms with Gasteiger partial charge in [-0.2, -0.15) is 4.98 Å². The molecule has 2 aromatic carbocycles. The molecule has 0 aliphatic carbocycles. The Morgan fingerprint density at radius 1 is 1.02 bits per heavy atom. The van der Waals surface area contributed by atoms with E-state index in [-0.39, 0.29) is 29.4 Å². The monoisotopic (exact) mass is 632 g/mol. The third kappa shape index (κ3) is 6.86. The fraction of sp³-hybridized carbons (Fsp3) is 0.281. The van der Waals surface area contributed by atoms with Crippen molar-refractivity contribution >= 4 is 51.7 Å². The van der Waals surface area contributed by atoms with Crippen LogP contribution in [0.4, 0.5) is 17.3 Å². The zero-order valence-corrected chi connectivity index (χ0v) is 26.2. The van der Waals surface area contributed by atoms with Crippen molar-refractivity contribution < 1.29 is 28.5 Å². The van der Waals surface area contributed by atoms with Gasteiger partial charge in [0.15, 0.2) is 11.5 Å². The lowest BCUT2D eigenvalue weighted by Gasteiger charge is -2.35. The number of aryl methyl sites for hydroxylation is 1. The minimum Gasteiger partial charge on any atom is -0.494 e. The number of esters is 1. The molecule has 1 N–H and O–H groups in total. The second-order valence-corrected chi connectivity index (χ2v) is 10.4. The summed E-state index contributed by atoms with van der Waals surface area (Å²) in [5.41, 5.74) is 3.08. The van der Waals surface area contributed by atoms with Crippen LogP contribution in [0.15, 0.2) is 55.3 Å². The summed E-state index contributed by atoms with van der Waals surface area (Å²) in [7, 11) is 3.09. The maximum atomic E-state index is 12.4. The Morgan fingerprint density at radius 3 is 2.47 bits per heavy atom. The van der Waals surface area contributed by atoms with Gasteiger partial charge in [0.1, 0.15) is 10.8 Å². The molecule has 5 rings (SSSR count). The number of carbonyl (C=O) groups is 2.